The second kappa shape index (κ2) is 6.07. The minimum Gasteiger partial charge on any atom is -0.295 e. The molecule has 1 aromatic heterocycles. The van der Waals surface area contributed by atoms with E-state index < -0.39 is 0 Å². The van der Waals surface area contributed by atoms with Crippen LogP contribution in [-0.2, 0) is 6.42 Å². The molecule has 0 aliphatic heterocycles. The molecule has 0 atom stereocenters. The van der Waals surface area contributed by atoms with Gasteiger partial charge >= 0.3 is 0 Å². The highest BCUT2D eigenvalue weighted by atomic mass is 79.9. The largest absolute Gasteiger partial charge is 0.295 e. The van der Waals surface area contributed by atoms with Crippen LogP contribution in [0.15, 0.2) is 45.3 Å². The van der Waals surface area contributed by atoms with Crippen molar-refractivity contribution in [1.82, 2.24) is 9.55 Å². The van der Waals surface area contributed by atoms with Crippen LogP contribution in [0.1, 0.15) is 5.82 Å². The van der Waals surface area contributed by atoms with E-state index >= 15 is 0 Å². The van der Waals surface area contributed by atoms with Gasteiger partial charge in [0.2, 0.25) is 0 Å². The van der Waals surface area contributed by atoms with Gasteiger partial charge < -0.3 is 0 Å². The van der Waals surface area contributed by atoms with Crippen LogP contribution in [0.5, 0.6) is 0 Å². The number of hydrogen-bond acceptors (Lipinski definition) is 1. The van der Waals surface area contributed by atoms with E-state index in [2.05, 4.69) is 36.8 Å². The number of imidazole rings is 1. The Hall–Kier alpha value is -0.910. The number of aryl methyl sites for hydroxylation is 1. The average molecular weight is 433 g/mol. The average Bonchev–Trinajstić information content (AvgIpc) is 2.79. The molecule has 0 saturated heterocycles. The molecule has 0 radical (unpaired) electrons. The van der Waals surface area contributed by atoms with Crippen molar-refractivity contribution in [3.8, 4) is 5.69 Å². The first-order valence-electron chi connectivity index (χ1n) is 6.28. The quantitative estimate of drug-likeness (QED) is 0.502. The van der Waals surface area contributed by atoms with Crippen LogP contribution in [-0.4, -0.2) is 15.4 Å². The summed E-state index contributed by atoms with van der Waals surface area (Å²) in [6.45, 7) is 0. The number of aromatic nitrogens is 2. The first-order valence-corrected chi connectivity index (χ1v) is 8.40. The molecule has 0 amide bonds. The number of benzene rings is 2. The lowest BCUT2D eigenvalue weighted by molar-refractivity contribution is 0.629. The molecule has 108 valence electrons. The summed E-state index contributed by atoms with van der Waals surface area (Å²) in [5.74, 6) is 0.980. The molecule has 0 fully saturated rings. The van der Waals surface area contributed by atoms with E-state index in [0.29, 0.717) is 12.3 Å². The third-order valence-electron chi connectivity index (χ3n) is 3.15. The molecule has 21 heavy (non-hydrogen) atoms. The molecule has 0 saturated carbocycles. The molecule has 2 aromatic carbocycles. The molecule has 0 aliphatic carbocycles. The van der Waals surface area contributed by atoms with E-state index in [1.165, 1.54) is 12.1 Å². The van der Waals surface area contributed by atoms with Crippen molar-refractivity contribution in [1.29, 1.82) is 0 Å². The van der Waals surface area contributed by atoms with Crippen molar-refractivity contribution in [2.24, 2.45) is 0 Å². The second-order valence-electron chi connectivity index (χ2n) is 4.53. The third-order valence-corrected chi connectivity index (χ3v) is 4.51. The van der Waals surface area contributed by atoms with Gasteiger partial charge in [-0.15, -0.1) is 11.6 Å². The minimum atomic E-state index is -0.285. The maximum atomic E-state index is 13.6. The van der Waals surface area contributed by atoms with E-state index in [1.54, 1.807) is 6.07 Å². The van der Waals surface area contributed by atoms with Gasteiger partial charge in [-0.3, -0.25) is 4.57 Å². The highest BCUT2D eigenvalue weighted by Crippen LogP contribution is 2.30. The van der Waals surface area contributed by atoms with Crippen LogP contribution in [0, 0.1) is 5.82 Å². The molecule has 2 nitrogen and oxygen atoms in total. The summed E-state index contributed by atoms with van der Waals surface area (Å²) >= 11 is 12.9. The fraction of sp³-hybridized carbons (Fsp3) is 0.133. The van der Waals surface area contributed by atoms with Crippen LogP contribution < -0.4 is 0 Å². The molecule has 6 heteroatoms. The minimum absolute atomic E-state index is 0.285. The number of alkyl halides is 1. The van der Waals surface area contributed by atoms with Gasteiger partial charge in [0.05, 0.1) is 16.7 Å². The topological polar surface area (TPSA) is 17.8 Å². The molecule has 0 N–H and O–H groups in total. The van der Waals surface area contributed by atoms with Crippen LogP contribution >= 0.6 is 43.5 Å². The van der Waals surface area contributed by atoms with Gasteiger partial charge in [-0.2, -0.15) is 0 Å². The van der Waals surface area contributed by atoms with Crippen LogP contribution in [0.2, 0.25) is 0 Å². The summed E-state index contributed by atoms with van der Waals surface area (Å²) in [7, 11) is 0. The van der Waals surface area contributed by atoms with Crippen molar-refractivity contribution in [2.75, 3.05) is 5.88 Å². The summed E-state index contributed by atoms with van der Waals surface area (Å²) in [6.07, 6.45) is 0.608. The summed E-state index contributed by atoms with van der Waals surface area (Å²) < 4.78 is 17.4. The lowest BCUT2D eigenvalue weighted by Gasteiger charge is -2.11. The molecule has 3 rings (SSSR count). The highest BCUT2D eigenvalue weighted by Gasteiger charge is 2.15. The van der Waals surface area contributed by atoms with Crippen molar-refractivity contribution in [3.05, 3.63) is 57.0 Å². The third kappa shape index (κ3) is 2.87. The smallest absolute Gasteiger partial charge is 0.125 e. The summed E-state index contributed by atoms with van der Waals surface area (Å²) in [5, 5.41) is 0. The number of hydrogen-bond donors (Lipinski definition) is 0. The summed E-state index contributed by atoms with van der Waals surface area (Å²) in [5.41, 5.74) is 2.38. The Labute approximate surface area is 143 Å². The molecule has 0 aliphatic rings. The highest BCUT2D eigenvalue weighted by molar-refractivity contribution is 9.11. The first-order chi connectivity index (χ1) is 10.1. The monoisotopic (exact) mass is 430 g/mol. The van der Waals surface area contributed by atoms with Gasteiger partial charge in [0.1, 0.15) is 11.6 Å². The number of nitrogens with zero attached hydrogens (tertiary/aromatic N) is 2. The number of fused-ring (bicyclic) bond motifs is 1. The van der Waals surface area contributed by atoms with E-state index in [1.807, 2.05) is 22.8 Å². The van der Waals surface area contributed by atoms with Gasteiger partial charge in [-0.05, 0) is 46.3 Å². The van der Waals surface area contributed by atoms with Crippen LogP contribution in [0.25, 0.3) is 16.7 Å². The Morgan fingerprint density at radius 3 is 2.71 bits per heavy atom. The fourth-order valence-corrected chi connectivity index (χ4v) is 3.22. The zero-order valence-electron chi connectivity index (χ0n) is 10.8. The van der Waals surface area contributed by atoms with Crippen LogP contribution in [0.4, 0.5) is 4.39 Å². The van der Waals surface area contributed by atoms with Crippen molar-refractivity contribution >= 4 is 54.5 Å². The van der Waals surface area contributed by atoms with Crippen LogP contribution in [0.3, 0.4) is 0 Å². The van der Waals surface area contributed by atoms with Gasteiger partial charge in [0.15, 0.2) is 0 Å². The van der Waals surface area contributed by atoms with E-state index in [-0.39, 0.29) is 5.82 Å². The van der Waals surface area contributed by atoms with Gasteiger partial charge in [0, 0.05) is 27.3 Å². The molecular formula is C15H10Br2ClFN2. The molecule has 1 heterocycles. The van der Waals surface area contributed by atoms with Gasteiger partial charge in [-0.1, -0.05) is 15.9 Å². The zero-order chi connectivity index (χ0) is 15.0. The molecule has 0 unspecified atom stereocenters. The fourth-order valence-electron chi connectivity index (χ4n) is 2.28. The molecular weight excluding hydrogens is 422 g/mol. The Morgan fingerprint density at radius 2 is 1.95 bits per heavy atom. The second-order valence-corrected chi connectivity index (χ2v) is 6.68. The van der Waals surface area contributed by atoms with Crippen molar-refractivity contribution in [3.63, 3.8) is 0 Å². The van der Waals surface area contributed by atoms with E-state index in [0.717, 1.165) is 31.5 Å². The molecule has 3 aromatic rings. The van der Waals surface area contributed by atoms with Crippen molar-refractivity contribution < 1.29 is 4.39 Å². The maximum Gasteiger partial charge on any atom is 0.125 e. The Balaban J connectivity index is 2.35. The van der Waals surface area contributed by atoms with E-state index in [9.17, 15) is 4.39 Å². The normalized spacial score (nSPS) is 11.2. The standard InChI is InChI=1S/C15H10Br2ClFN2/c16-9-1-3-11(17)13(7-9)21-14-8-10(19)2-4-12(14)20-15(21)5-6-18/h1-4,7-8H,5-6H2. The Kier molecular flexibility index (Phi) is 4.33. The zero-order valence-corrected chi connectivity index (χ0v) is 14.7. The predicted molar refractivity (Wildman–Crippen MR) is 90.9 cm³/mol. The lowest BCUT2D eigenvalue weighted by Crippen LogP contribution is -2.03. The molecule has 0 spiro atoms. The summed E-state index contributed by atoms with van der Waals surface area (Å²) in [6, 6.07) is 10.4. The predicted octanol–water partition coefficient (Wildman–Crippen LogP) is 5.47. The van der Waals surface area contributed by atoms with Crippen molar-refractivity contribution in [2.45, 2.75) is 6.42 Å². The molecule has 0 bridgehead atoms. The number of halogens is 4. The Bertz CT molecular complexity index is 817. The first kappa shape index (κ1) is 15.0. The summed E-state index contributed by atoms with van der Waals surface area (Å²) in [4.78, 5) is 4.57. The van der Waals surface area contributed by atoms with Gasteiger partial charge in [-0.25, -0.2) is 9.37 Å². The number of rotatable bonds is 3. The SMILES string of the molecule is Fc1ccc2nc(CCCl)n(-c3cc(Br)ccc3Br)c2c1. The Morgan fingerprint density at radius 1 is 1.14 bits per heavy atom. The van der Waals surface area contributed by atoms with E-state index in [4.69, 9.17) is 11.6 Å². The maximum absolute atomic E-state index is 13.6. The van der Waals surface area contributed by atoms with Gasteiger partial charge in [0.25, 0.3) is 0 Å². The lowest BCUT2D eigenvalue weighted by atomic mass is 10.2.